The Morgan fingerprint density at radius 3 is 2.78 bits per heavy atom. The van der Waals surface area contributed by atoms with Crippen molar-refractivity contribution in [3.8, 4) is 0 Å². The fourth-order valence-electron chi connectivity index (χ4n) is 2.00. The van der Waals surface area contributed by atoms with Crippen LogP contribution in [0.1, 0.15) is 37.4 Å². The van der Waals surface area contributed by atoms with E-state index in [1.807, 2.05) is 17.7 Å². The van der Waals surface area contributed by atoms with Gasteiger partial charge in [0.05, 0.1) is 18.8 Å². The van der Waals surface area contributed by atoms with Gasteiger partial charge in [-0.25, -0.2) is 4.68 Å². The number of rotatable bonds is 8. The number of hydrogen-bond donors (Lipinski definition) is 2. The van der Waals surface area contributed by atoms with E-state index in [0.29, 0.717) is 12.6 Å². The summed E-state index contributed by atoms with van der Waals surface area (Å²) in [4.78, 5) is 0. The number of aliphatic hydroxyl groups is 1. The van der Waals surface area contributed by atoms with Gasteiger partial charge in [-0.05, 0) is 33.1 Å². The van der Waals surface area contributed by atoms with Gasteiger partial charge in [-0.1, -0.05) is 13.0 Å². The minimum absolute atomic E-state index is 0.110. The summed E-state index contributed by atoms with van der Waals surface area (Å²) in [6, 6.07) is 0.426. The molecule has 1 heterocycles. The second kappa shape index (κ2) is 7.21. The van der Waals surface area contributed by atoms with Crippen LogP contribution >= 0.6 is 0 Å². The highest BCUT2D eigenvalue weighted by molar-refractivity contribution is 5.47. The number of nitrogens with zero attached hydrogens (tertiary/aromatic N) is 2. The van der Waals surface area contributed by atoms with Crippen molar-refractivity contribution in [2.75, 3.05) is 11.9 Å². The second-order valence-corrected chi connectivity index (χ2v) is 4.62. The van der Waals surface area contributed by atoms with Crippen LogP contribution in [0.3, 0.4) is 0 Å². The van der Waals surface area contributed by atoms with Crippen LogP contribution in [0, 0.1) is 13.8 Å². The summed E-state index contributed by atoms with van der Waals surface area (Å²) >= 11 is 0. The van der Waals surface area contributed by atoms with Crippen LogP contribution in [0.4, 0.5) is 5.82 Å². The Morgan fingerprint density at radius 1 is 1.50 bits per heavy atom. The molecule has 1 rings (SSSR count). The summed E-state index contributed by atoms with van der Waals surface area (Å²) in [5.74, 6) is 1.04. The van der Waals surface area contributed by atoms with Gasteiger partial charge < -0.3 is 10.4 Å². The van der Waals surface area contributed by atoms with E-state index >= 15 is 0 Å². The normalized spacial score (nSPS) is 12.4. The molecule has 0 spiro atoms. The zero-order valence-electron chi connectivity index (χ0n) is 11.7. The molecule has 0 saturated carbocycles. The molecule has 0 aliphatic heterocycles. The van der Waals surface area contributed by atoms with Crippen molar-refractivity contribution in [3.63, 3.8) is 0 Å². The number of hydrogen-bond acceptors (Lipinski definition) is 3. The molecule has 2 N–H and O–H groups in total. The van der Waals surface area contributed by atoms with E-state index < -0.39 is 0 Å². The van der Waals surface area contributed by atoms with Crippen molar-refractivity contribution >= 4 is 5.82 Å². The Balaban J connectivity index is 2.82. The molecule has 1 aromatic rings. The van der Waals surface area contributed by atoms with Crippen molar-refractivity contribution in [3.05, 3.63) is 23.9 Å². The molecule has 0 fully saturated rings. The molecule has 4 nitrogen and oxygen atoms in total. The van der Waals surface area contributed by atoms with E-state index in [9.17, 15) is 0 Å². The third kappa shape index (κ3) is 3.60. The summed E-state index contributed by atoms with van der Waals surface area (Å²) in [5, 5.41) is 17.1. The highest BCUT2D eigenvalue weighted by atomic mass is 16.3. The predicted molar refractivity (Wildman–Crippen MR) is 75.9 cm³/mol. The fourth-order valence-corrected chi connectivity index (χ4v) is 2.00. The highest BCUT2D eigenvalue weighted by Gasteiger charge is 2.14. The van der Waals surface area contributed by atoms with Crippen LogP contribution in [-0.4, -0.2) is 27.5 Å². The van der Waals surface area contributed by atoms with Gasteiger partial charge in [0.25, 0.3) is 0 Å². The number of aliphatic hydroxyl groups excluding tert-OH is 1. The number of anilines is 1. The van der Waals surface area contributed by atoms with Gasteiger partial charge in [0.1, 0.15) is 5.82 Å². The van der Waals surface area contributed by atoms with E-state index in [0.717, 1.165) is 30.8 Å². The molecular formula is C14H25N3O. The van der Waals surface area contributed by atoms with Gasteiger partial charge >= 0.3 is 0 Å². The maximum absolute atomic E-state index is 9.08. The molecule has 0 bridgehead atoms. The Morgan fingerprint density at radius 2 is 2.22 bits per heavy atom. The molecule has 1 atom stereocenters. The molecule has 18 heavy (non-hydrogen) atoms. The summed E-state index contributed by atoms with van der Waals surface area (Å²) < 4.78 is 1.86. The van der Waals surface area contributed by atoms with E-state index in [1.54, 1.807) is 0 Å². The maximum Gasteiger partial charge on any atom is 0.127 e. The second-order valence-electron chi connectivity index (χ2n) is 4.62. The number of aromatic nitrogens is 2. The van der Waals surface area contributed by atoms with Crippen LogP contribution in [0.15, 0.2) is 12.7 Å². The van der Waals surface area contributed by atoms with E-state index in [1.165, 1.54) is 5.56 Å². The van der Waals surface area contributed by atoms with Crippen LogP contribution in [0.2, 0.25) is 0 Å². The molecule has 0 aromatic carbocycles. The summed E-state index contributed by atoms with van der Waals surface area (Å²) in [5.41, 5.74) is 2.19. The topological polar surface area (TPSA) is 50.1 Å². The molecule has 1 unspecified atom stereocenters. The highest BCUT2D eigenvalue weighted by Crippen LogP contribution is 2.21. The third-order valence-corrected chi connectivity index (χ3v) is 3.29. The first kappa shape index (κ1) is 14.8. The Bertz CT molecular complexity index is 385. The Kier molecular flexibility index (Phi) is 5.92. The van der Waals surface area contributed by atoms with Gasteiger partial charge in [0.15, 0.2) is 0 Å². The lowest BCUT2D eigenvalue weighted by Gasteiger charge is -2.19. The lowest BCUT2D eigenvalue weighted by molar-refractivity contribution is 0.270. The van der Waals surface area contributed by atoms with Crippen LogP contribution in [0.5, 0.6) is 0 Å². The molecule has 0 aliphatic rings. The lowest BCUT2D eigenvalue weighted by Crippen LogP contribution is -2.21. The molecule has 4 heteroatoms. The molecular weight excluding hydrogens is 226 g/mol. The maximum atomic E-state index is 9.08. The first-order valence-corrected chi connectivity index (χ1v) is 6.66. The quantitative estimate of drug-likeness (QED) is 0.698. The number of nitrogens with one attached hydrogen (secondary N) is 1. The third-order valence-electron chi connectivity index (χ3n) is 3.29. The van der Waals surface area contributed by atoms with Crippen LogP contribution in [-0.2, 0) is 6.54 Å². The van der Waals surface area contributed by atoms with E-state index in [4.69, 9.17) is 5.11 Å². The van der Waals surface area contributed by atoms with Crippen LogP contribution < -0.4 is 5.32 Å². The fraction of sp³-hybridized carbons (Fsp3) is 0.643. The van der Waals surface area contributed by atoms with Crippen molar-refractivity contribution in [2.24, 2.45) is 0 Å². The minimum atomic E-state index is 0.110. The smallest absolute Gasteiger partial charge is 0.127 e. The zero-order valence-corrected chi connectivity index (χ0v) is 11.7. The summed E-state index contributed by atoms with van der Waals surface area (Å²) in [6.07, 6.45) is 5.10. The lowest BCUT2D eigenvalue weighted by atomic mass is 10.1. The largest absolute Gasteiger partial charge is 0.394 e. The van der Waals surface area contributed by atoms with E-state index in [2.05, 4.69) is 30.8 Å². The first-order chi connectivity index (χ1) is 8.63. The van der Waals surface area contributed by atoms with Gasteiger partial charge in [-0.2, -0.15) is 5.10 Å². The predicted octanol–water partition coefficient (Wildman–Crippen LogP) is 2.65. The summed E-state index contributed by atoms with van der Waals surface area (Å²) in [7, 11) is 0. The summed E-state index contributed by atoms with van der Waals surface area (Å²) in [6.45, 7) is 10.7. The van der Waals surface area contributed by atoms with Crippen molar-refractivity contribution in [1.29, 1.82) is 0 Å². The number of aryl methyl sites for hydroxylation is 1. The Labute approximate surface area is 110 Å². The van der Waals surface area contributed by atoms with Gasteiger partial charge in [-0.3, -0.25) is 0 Å². The average molecular weight is 251 g/mol. The monoisotopic (exact) mass is 251 g/mol. The van der Waals surface area contributed by atoms with Gasteiger partial charge in [-0.15, -0.1) is 6.58 Å². The number of allylic oxidation sites excluding steroid dienone is 1. The zero-order chi connectivity index (χ0) is 13.5. The molecule has 0 radical (unpaired) electrons. The molecule has 1 aromatic heterocycles. The molecule has 0 saturated heterocycles. The Hall–Kier alpha value is -1.29. The minimum Gasteiger partial charge on any atom is -0.394 e. The molecule has 102 valence electrons. The van der Waals surface area contributed by atoms with E-state index in [-0.39, 0.29) is 6.61 Å². The molecule has 0 amide bonds. The van der Waals surface area contributed by atoms with Gasteiger partial charge in [0.2, 0.25) is 0 Å². The average Bonchev–Trinajstić information content (AvgIpc) is 2.62. The SMILES string of the molecule is C=CCCC(CC)Nc1c(C)c(C)nn1CCO. The first-order valence-electron chi connectivity index (χ1n) is 6.66. The van der Waals surface area contributed by atoms with Crippen molar-refractivity contribution in [1.82, 2.24) is 9.78 Å². The van der Waals surface area contributed by atoms with Gasteiger partial charge in [0, 0.05) is 11.6 Å². The standard InChI is InChI=1S/C14H25N3O/c1-5-7-8-13(6-2)15-14-11(3)12(4)16-17(14)9-10-18/h5,13,15,18H,1,6-10H2,2-4H3. The van der Waals surface area contributed by atoms with Crippen molar-refractivity contribution < 1.29 is 5.11 Å². The molecule has 0 aliphatic carbocycles. The van der Waals surface area contributed by atoms with Crippen molar-refractivity contribution in [2.45, 2.75) is 52.6 Å². The van der Waals surface area contributed by atoms with Crippen LogP contribution in [0.25, 0.3) is 0 Å².